The van der Waals surface area contributed by atoms with Crippen LogP contribution in [-0.2, 0) is 14.2 Å². The Balaban J connectivity index is 0.00000450. The third kappa shape index (κ3) is 9.14. The van der Waals surface area contributed by atoms with E-state index in [1.807, 2.05) is 0 Å². The maximum absolute atomic E-state index is 6.00. The van der Waals surface area contributed by atoms with Crippen LogP contribution in [0.25, 0.3) is 0 Å². The van der Waals surface area contributed by atoms with E-state index in [0.29, 0.717) is 6.10 Å². The summed E-state index contributed by atoms with van der Waals surface area (Å²) >= 11 is 0. The Morgan fingerprint density at radius 2 is 1.77 bits per heavy atom. The number of hydrogen-bond acceptors (Lipinski definition) is 5. The lowest BCUT2D eigenvalue weighted by Crippen LogP contribution is -2.56. The first-order chi connectivity index (χ1) is 13.9. The van der Waals surface area contributed by atoms with Gasteiger partial charge in [-0.1, -0.05) is 0 Å². The zero-order chi connectivity index (χ0) is 21.3. The van der Waals surface area contributed by atoms with Crippen LogP contribution < -0.4 is 5.32 Å². The van der Waals surface area contributed by atoms with Crippen LogP contribution in [-0.4, -0.2) is 99.2 Å². The summed E-state index contributed by atoms with van der Waals surface area (Å²) in [6, 6.07) is 0. The maximum atomic E-state index is 6.00. The SMILES string of the molecule is CCNC(=NCC(C)(C)N1CC(C)OC(C)C1)N1CCC(OCCCOC)CC1.I. The first-order valence-corrected chi connectivity index (χ1v) is 11.4. The first-order valence-electron chi connectivity index (χ1n) is 11.4. The van der Waals surface area contributed by atoms with Crippen LogP contribution in [0.2, 0.25) is 0 Å². The molecule has 0 aromatic rings. The lowest BCUT2D eigenvalue weighted by atomic mass is 10.0. The minimum absolute atomic E-state index is 0. The Labute approximate surface area is 201 Å². The third-order valence-corrected chi connectivity index (χ3v) is 5.81. The van der Waals surface area contributed by atoms with Gasteiger partial charge >= 0.3 is 0 Å². The average Bonchev–Trinajstić information content (AvgIpc) is 2.68. The molecule has 0 aromatic carbocycles. The summed E-state index contributed by atoms with van der Waals surface area (Å²) in [7, 11) is 1.74. The molecule has 2 heterocycles. The summed E-state index contributed by atoms with van der Waals surface area (Å²) in [6.45, 7) is 18.2. The Bertz CT molecular complexity index is 489. The van der Waals surface area contributed by atoms with E-state index in [9.17, 15) is 0 Å². The van der Waals surface area contributed by atoms with Crippen LogP contribution in [0.4, 0.5) is 0 Å². The molecule has 7 nitrogen and oxygen atoms in total. The molecule has 0 spiro atoms. The molecule has 178 valence electrons. The second kappa shape index (κ2) is 14.1. The molecule has 0 amide bonds. The molecule has 0 aromatic heterocycles. The number of aliphatic imine (C=N–C) groups is 1. The van der Waals surface area contributed by atoms with Gasteiger partial charge in [0.05, 0.1) is 24.9 Å². The van der Waals surface area contributed by atoms with Crippen molar-refractivity contribution in [3.05, 3.63) is 0 Å². The van der Waals surface area contributed by atoms with E-state index in [1.54, 1.807) is 7.11 Å². The zero-order valence-electron chi connectivity index (χ0n) is 20.0. The van der Waals surface area contributed by atoms with Crippen LogP contribution in [0, 0.1) is 0 Å². The molecule has 2 aliphatic rings. The van der Waals surface area contributed by atoms with E-state index in [2.05, 4.69) is 49.7 Å². The molecule has 2 aliphatic heterocycles. The predicted molar refractivity (Wildman–Crippen MR) is 134 cm³/mol. The highest BCUT2D eigenvalue weighted by Crippen LogP contribution is 2.22. The molecule has 30 heavy (non-hydrogen) atoms. The van der Waals surface area contributed by atoms with Gasteiger partial charge in [-0.15, -0.1) is 24.0 Å². The van der Waals surface area contributed by atoms with Crippen LogP contribution in [0.3, 0.4) is 0 Å². The molecule has 2 rings (SSSR count). The first kappa shape index (κ1) is 27.9. The fraction of sp³-hybridized carbons (Fsp3) is 0.955. The topological polar surface area (TPSA) is 58.6 Å². The van der Waals surface area contributed by atoms with Crippen LogP contribution in [0.1, 0.15) is 53.9 Å². The van der Waals surface area contributed by atoms with Gasteiger partial charge in [-0.2, -0.15) is 0 Å². The molecule has 0 bridgehead atoms. The fourth-order valence-electron chi connectivity index (χ4n) is 4.15. The number of ether oxygens (including phenoxy) is 3. The predicted octanol–water partition coefficient (Wildman–Crippen LogP) is 2.98. The number of piperidine rings is 1. The van der Waals surface area contributed by atoms with Gasteiger partial charge in [-0.3, -0.25) is 9.89 Å². The Kier molecular flexibility index (Phi) is 13.1. The van der Waals surface area contributed by atoms with Crippen molar-refractivity contribution in [2.45, 2.75) is 77.7 Å². The number of nitrogens with one attached hydrogen (secondary N) is 1. The van der Waals surface area contributed by atoms with Gasteiger partial charge in [-0.25, -0.2) is 0 Å². The van der Waals surface area contributed by atoms with Crippen molar-refractivity contribution in [2.75, 3.05) is 59.6 Å². The molecule has 0 radical (unpaired) electrons. The Hall–Kier alpha value is -0.160. The Morgan fingerprint density at radius 1 is 1.13 bits per heavy atom. The number of methoxy groups -OCH3 is 1. The van der Waals surface area contributed by atoms with E-state index < -0.39 is 0 Å². The summed E-state index contributed by atoms with van der Waals surface area (Å²) in [5.74, 6) is 1.03. The zero-order valence-corrected chi connectivity index (χ0v) is 22.3. The lowest BCUT2D eigenvalue weighted by Gasteiger charge is -2.44. The van der Waals surface area contributed by atoms with Crippen molar-refractivity contribution < 1.29 is 14.2 Å². The van der Waals surface area contributed by atoms with E-state index in [-0.39, 0.29) is 41.7 Å². The molecule has 2 atom stereocenters. The quantitative estimate of drug-likeness (QED) is 0.210. The van der Waals surface area contributed by atoms with Crippen molar-refractivity contribution in [1.29, 1.82) is 0 Å². The number of likely N-dealkylation sites (tertiary alicyclic amines) is 1. The van der Waals surface area contributed by atoms with Gasteiger partial charge in [-0.05, 0) is 53.9 Å². The van der Waals surface area contributed by atoms with E-state index in [4.69, 9.17) is 19.2 Å². The minimum atomic E-state index is 0. The molecular formula is C22H45IN4O3. The summed E-state index contributed by atoms with van der Waals surface area (Å²) < 4.78 is 17.0. The highest BCUT2D eigenvalue weighted by atomic mass is 127. The van der Waals surface area contributed by atoms with Crippen molar-refractivity contribution in [2.24, 2.45) is 4.99 Å². The molecule has 2 unspecified atom stereocenters. The van der Waals surface area contributed by atoms with Crippen molar-refractivity contribution >= 4 is 29.9 Å². The van der Waals surface area contributed by atoms with Gasteiger partial charge in [0.2, 0.25) is 0 Å². The van der Waals surface area contributed by atoms with E-state index >= 15 is 0 Å². The molecule has 0 aliphatic carbocycles. The van der Waals surface area contributed by atoms with Gasteiger partial charge in [0.25, 0.3) is 0 Å². The van der Waals surface area contributed by atoms with Crippen molar-refractivity contribution in [1.82, 2.24) is 15.1 Å². The second-order valence-corrected chi connectivity index (χ2v) is 9.05. The second-order valence-electron chi connectivity index (χ2n) is 9.05. The lowest BCUT2D eigenvalue weighted by molar-refractivity contribution is -0.0939. The number of morpholine rings is 1. The summed E-state index contributed by atoms with van der Waals surface area (Å²) in [4.78, 5) is 9.95. The number of guanidine groups is 1. The third-order valence-electron chi connectivity index (χ3n) is 5.81. The number of hydrogen-bond donors (Lipinski definition) is 1. The van der Waals surface area contributed by atoms with Gasteiger partial charge in [0.15, 0.2) is 5.96 Å². The van der Waals surface area contributed by atoms with Gasteiger partial charge in [0, 0.05) is 58.6 Å². The molecule has 2 saturated heterocycles. The number of halogens is 1. The van der Waals surface area contributed by atoms with Crippen LogP contribution in [0.5, 0.6) is 0 Å². The molecular weight excluding hydrogens is 495 g/mol. The maximum Gasteiger partial charge on any atom is 0.193 e. The van der Waals surface area contributed by atoms with Crippen LogP contribution in [0.15, 0.2) is 4.99 Å². The Morgan fingerprint density at radius 3 is 2.33 bits per heavy atom. The molecule has 8 heteroatoms. The number of rotatable bonds is 9. The summed E-state index contributed by atoms with van der Waals surface area (Å²) in [5.41, 5.74) is 0.00968. The standard InChI is InChI=1S/C22H44N4O3.HI/c1-7-23-21(25-11-9-20(10-12-25)28-14-8-13-27-6)24-17-22(4,5)26-15-18(2)29-19(3)16-26;/h18-20H,7-17H2,1-6H3,(H,23,24);1H. The summed E-state index contributed by atoms with van der Waals surface area (Å²) in [5, 5.41) is 3.50. The normalized spacial score (nSPS) is 24.6. The molecule has 2 fully saturated rings. The monoisotopic (exact) mass is 540 g/mol. The average molecular weight is 541 g/mol. The largest absolute Gasteiger partial charge is 0.385 e. The smallest absolute Gasteiger partial charge is 0.193 e. The molecule has 1 N–H and O–H groups in total. The van der Waals surface area contributed by atoms with E-state index in [1.165, 1.54) is 0 Å². The van der Waals surface area contributed by atoms with Gasteiger partial charge < -0.3 is 24.4 Å². The number of nitrogens with zero attached hydrogens (tertiary/aromatic N) is 3. The summed E-state index contributed by atoms with van der Waals surface area (Å²) in [6.07, 6.45) is 3.99. The fourth-order valence-corrected chi connectivity index (χ4v) is 4.15. The van der Waals surface area contributed by atoms with E-state index in [0.717, 1.165) is 77.7 Å². The van der Waals surface area contributed by atoms with Crippen LogP contribution >= 0.6 is 24.0 Å². The molecule has 0 saturated carbocycles. The highest BCUT2D eigenvalue weighted by molar-refractivity contribution is 14.0. The van der Waals surface area contributed by atoms with Crippen molar-refractivity contribution in [3.8, 4) is 0 Å². The highest BCUT2D eigenvalue weighted by Gasteiger charge is 2.33. The van der Waals surface area contributed by atoms with Crippen molar-refractivity contribution in [3.63, 3.8) is 0 Å². The van der Waals surface area contributed by atoms with Gasteiger partial charge in [0.1, 0.15) is 0 Å². The minimum Gasteiger partial charge on any atom is -0.385 e.